The number of nitro groups is 1. The number of furan rings is 1. The molecule has 1 amide bonds. The van der Waals surface area contributed by atoms with Gasteiger partial charge in [-0.1, -0.05) is 17.7 Å². The maximum absolute atomic E-state index is 13.1. The van der Waals surface area contributed by atoms with E-state index in [1.54, 1.807) is 6.07 Å². The summed E-state index contributed by atoms with van der Waals surface area (Å²) in [6.07, 6.45) is 1.34. The van der Waals surface area contributed by atoms with Crippen molar-refractivity contribution in [1.82, 2.24) is 5.32 Å². The molecule has 0 aliphatic rings. The maximum Gasteiger partial charge on any atom is 0.270 e. The van der Waals surface area contributed by atoms with Gasteiger partial charge in [0.05, 0.1) is 16.1 Å². The lowest BCUT2D eigenvalue weighted by atomic mass is 10.2. The summed E-state index contributed by atoms with van der Waals surface area (Å²) in [4.78, 5) is 22.7. The molecule has 0 spiro atoms. The highest BCUT2D eigenvalue weighted by atomic mass is 35.5. The minimum atomic E-state index is -3.92. The van der Waals surface area contributed by atoms with Crippen LogP contribution in [0.25, 0.3) is 0 Å². The first-order chi connectivity index (χ1) is 13.8. The average molecular weight is 435 g/mol. The van der Waals surface area contributed by atoms with Crippen LogP contribution in [0.1, 0.15) is 21.4 Å². The van der Waals surface area contributed by atoms with Crippen molar-refractivity contribution in [2.24, 2.45) is 0 Å². The van der Waals surface area contributed by atoms with Crippen molar-refractivity contribution < 1.29 is 22.6 Å². The number of benzene rings is 2. The Labute approximate surface area is 171 Å². The number of nitro benzene ring substituents is 1. The summed E-state index contributed by atoms with van der Waals surface area (Å²) in [5.41, 5.74) is -0.199. The van der Waals surface area contributed by atoms with E-state index in [-0.39, 0.29) is 28.5 Å². The molecule has 0 saturated heterocycles. The van der Waals surface area contributed by atoms with Crippen LogP contribution in [0.3, 0.4) is 0 Å². The van der Waals surface area contributed by atoms with Gasteiger partial charge in [0.1, 0.15) is 11.0 Å². The SMILES string of the molecule is O=C(NC[C@@H](c1ccco1)S(=O)(=O)c1ccc(Cl)cc1)c1cccc([N+](=O)[O-])c1. The van der Waals surface area contributed by atoms with Gasteiger partial charge in [0, 0.05) is 29.3 Å². The van der Waals surface area contributed by atoms with E-state index >= 15 is 0 Å². The smallest absolute Gasteiger partial charge is 0.270 e. The number of nitrogens with zero attached hydrogens (tertiary/aromatic N) is 1. The highest BCUT2D eigenvalue weighted by Gasteiger charge is 2.32. The molecule has 29 heavy (non-hydrogen) atoms. The number of hydrogen-bond acceptors (Lipinski definition) is 6. The van der Waals surface area contributed by atoms with Crippen molar-refractivity contribution in [2.45, 2.75) is 10.1 Å². The quantitative estimate of drug-likeness (QED) is 0.446. The molecule has 1 atom stereocenters. The second-order valence-corrected chi connectivity index (χ2v) is 8.59. The zero-order chi connectivity index (χ0) is 21.0. The predicted molar refractivity (Wildman–Crippen MR) is 106 cm³/mol. The highest BCUT2D eigenvalue weighted by molar-refractivity contribution is 7.91. The minimum absolute atomic E-state index is 0.0212. The number of rotatable bonds is 7. The fourth-order valence-electron chi connectivity index (χ4n) is 2.67. The molecule has 2 aromatic carbocycles. The van der Waals surface area contributed by atoms with Gasteiger partial charge in [-0.25, -0.2) is 8.42 Å². The molecule has 3 rings (SSSR count). The molecule has 8 nitrogen and oxygen atoms in total. The molecule has 1 aromatic heterocycles. The summed E-state index contributed by atoms with van der Waals surface area (Å²) in [7, 11) is -3.92. The number of carbonyl (C=O) groups excluding carboxylic acids is 1. The van der Waals surface area contributed by atoms with E-state index < -0.39 is 25.9 Å². The average Bonchev–Trinajstić information content (AvgIpc) is 3.22. The summed E-state index contributed by atoms with van der Waals surface area (Å²) in [6.45, 7) is -0.292. The molecule has 10 heteroatoms. The van der Waals surface area contributed by atoms with Crippen molar-refractivity contribution in [2.75, 3.05) is 6.54 Å². The molecule has 0 bridgehead atoms. The number of nitrogens with one attached hydrogen (secondary N) is 1. The lowest BCUT2D eigenvalue weighted by Gasteiger charge is -2.17. The largest absolute Gasteiger partial charge is 0.468 e. The van der Waals surface area contributed by atoms with Crippen LogP contribution in [0, 0.1) is 10.1 Å². The number of halogens is 1. The molecule has 0 aliphatic carbocycles. The van der Waals surface area contributed by atoms with Crippen LogP contribution in [0.5, 0.6) is 0 Å². The van der Waals surface area contributed by atoms with E-state index in [0.29, 0.717) is 5.02 Å². The normalized spacial score (nSPS) is 12.3. The van der Waals surface area contributed by atoms with Gasteiger partial charge < -0.3 is 9.73 Å². The Balaban J connectivity index is 1.86. The number of hydrogen-bond donors (Lipinski definition) is 1. The topological polar surface area (TPSA) is 120 Å². The lowest BCUT2D eigenvalue weighted by molar-refractivity contribution is -0.384. The Hall–Kier alpha value is -3.17. The summed E-state index contributed by atoms with van der Waals surface area (Å²) >= 11 is 5.83. The summed E-state index contributed by atoms with van der Waals surface area (Å²) in [5, 5.41) is 12.6. The summed E-state index contributed by atoms with van der Waals surface area (Å²) < 4.78 is 31.5. The van der Waals surface area contributed by atoms with Crippen LogP contribution < -0.4 is 5.32 Å². The van der Waals surface area contributed by atoms with E-state index in [0.717, 1.165) is 6.07 Å². The molecule has 0 fully saturated rings. The van der Waals surface area contributed by atoms with Gasteiger partial charge in [-0.2, -0.15) is 0 Å². The molecule has 0 radical (unpaired) electrons. The molecule has 3 aromatic rings. The first kappa shape index (κ1) is 20.6. The van der Waals surface area contributed by atoms with Gasteiger partial charge in [0.25, 0.3) is 11.6 Å². The Morgan fingerprint density at radius 2 is 1.86 bits per heavy atom. The zero-order valence-electron chi connectivity index (χ0n) is 14.8. The summed E-state index contributed by atoms with van der Waals surface area (Å²) in [5.74, 6) is -0.490. The van der Waals surface area contributed by atoms with E-state index in [9.17, 15) is 23.3 Å². The third kappa shape index (κ3) is 4.64. The van der Waals surface area contributed by atoms with Gasteiger partial charge in [-0.3, -0.25) is 14.9 Å². The second-order valence-electron chi connectivity index (χ2n) is 6.02. The molecular formula is C19H15ClN2O6S. The zero-order valence-corrected chi connectivity index (χ0v) is 16.4. The molecule has 1 N–H and O–H groups in total. The number of amides is 1. The first-order valence-electron chi connectivity index (χ1n) is 8.34. The third-order valence-electron chi connectivity index (χ3n) is 4.14. The number of non-ortho nitro benzene ring substituents is 1. The highest BCUT2D eigenvalue weighted by Crippen LogP contribution is 2.29. The number of sulfone groups is 1. The van der Waals surface area contributed by atoms with Gasteiger partial charge in [-0.15, -0.1) is 0 Å². The van der Waals surface area contributed by atoms with Crippen molar-refractivity contribution in [3.8, 4) is 0 Å². The van der Waals surface area contributed by atoms with Gasteiger partial charge in [0.2, 0.25) is 0 Å². The molecule has 0 aliphatic heterocycles. The van der Waals surface area contributed by atoms with Crippen molar-refractivity contribution in [3.05, 3.63) is 93.4 Å². The molecular weight excluding hydrogens is 420 g/mol. The Kier molecular flexibility index (Phi) is 6.00. The lowest BCUT2D eigenvalue weighted by Crippen LogP contribution is -2.31. The van der Waals surface area contributed by atoms with Crippen LogP contribution in [0.15, 0.2) is 76.2 Å². The van der Waals surface area contributed by atoms with Gasteiger partial charge in [-0.05, 0) is 42.5 Å². The molecule has 0 saturated carbocycles. The maximum atomic E-state index is 13.1. The molecule has 150 valence electrons. The number of carbonyl (C=O) groups is 1. The monoisotopic (exact) mass is 434 g/mol. The van der Waals surface area contributed by atoms with Crippen LogP contribution in [0.2, 0.25) is 5.02 Å². The molecule has 1 heterocycles. The Bertz CT molecular complexity index is 1130. The van der Waals surface area contributed by atoms with Crippen molar-refractivity contribution >= 4 is 33.0 Å². The molecule has 0 unspecified atom stereocenters. The second kappa shape index (κ2) is 8.46. The van der Waals surface area contributed by atoms with Crippen LogP contribution >= 0.6 is 11.6 Å². The summed E-state index contributed by atoms with van der Waals surface area (Å²) in [6, 6.07) is 13.8. The van der Waals surface area contributed by atoms with Gasteiger partial charge >= 0.3 is 0 Å². The predicted octanol–water partition coefficient (Wildman–Crippen LogP) is 3.79. The standard InChI is InChI=1S/C19H15ClN2O6S/c20-14-6-8-16(9-7-14)29(26,27)18(17-5-2-10-28-17)12-21-19(23)13-3-1-4-15(11-13)22(24)25/h1-11,18H,12H2,(H,21,23)/t18-/m0/s1. The minimum Gasteiger partial charge on any atom is -0.468 e. The van der Waals surface area contributed by atoms with E-state index in [2.05, 4.69) is 5.32 Å². The van der Waals surface area contributed by atoms with Crippen molar-refractivity contribution in [3.63, 3.8) is 0 Å². The van der Waals surface area contributed by atoms with E-state index in [1.807, 2.05) is 0 Å². The Morgan fingerprint density at radius 3 is 2.48 bits per heavy atom. The van der Waals surface area contributed by atoms with Gasteiger partial charge in [0.15, 0.2) is 9.84 Å². The Morgan fingerprint density at radius 1 is 1.14 bits per heavy atom. The van der Waals surface area contributed by atoms with Crippen LogP contribution in [-0.2, 0) is 9.84 Å². The first-order valence-corrected chi connectivity index (χ1v) is 10.3. The third-order valence-corrected chi connectivity index (χ3v) is 6.47. The van der Waals surface area contributed by atoms with Crippen LogP contribution in [0.4, 0.5) is 5.69 Å². The fourth-order valence-corrected chi connectivity index (χ4v) is 4.39. The van der Waals surface area contributed by atoms with Crippen molar-refractivity contribution in [1.29, 1.82) is 0 Å². The fraction of sp³-hybridized carbons (Fsp3) is 0.105. The van der Waals surface area contributed by atoms with Crippen LogP contribution in [-0.4, -0.2) is 25.8 Å². The van der Waals surface area contributed by atoms with E-state index in [1.165, 1.54) is 54.8 Å². The van der Waals surface area contributed by atoms with E-state index in [4.69, 9.17) is 16.0 Å².